The van der Waals surface area contributed by atoms with Gasteiger partial charge in [-0.25, -0.2) is 13.1 Å². The highest BCUT2D eigenvalue weighted by Gasteiger charge is 2.15. The lowest BCUT2D eigenvalue weighted by atomic mass is 10.3. The monoisotopic (exact) mass is 334 g/mol. The predicted molar refractivity (Wildman–Crippen MR) is 88.2 cm³/mol. The zero-order chi connectivity index (χ0) is 15.7. The fourth-order valence-electron chi connectivity index (χ4n) is 1.74. The van der Waals surface area contributed by atoms with E-state index in [1.165, 1.54) is 6.20 Å². The van der Waals surface area contributed by atoms with Crippen molar-refractivity contribution in [2.45, 2.75) is 44.2 Å². The van der Waals surface area contributed by atoms with Gasteiger partial charge in [0.05, 0.1) is 6.20 Å². The molecule has 0 fully saturated rings. The second-order valence-electron chi connectivity index (χ2n) is 5.15. The number of aryl methyl sites for hydroxylation is 1. The van der Waals surface area contributed by atoms with E-state index in [1.54, 1.807) is 22.6 Å². The first-order valence-corrected chi connectivity index (χ1v) is 10.1. The van der Waals surface area contributed by atoms with Gasteiger partial charge in [-0.1, -0.05) is 13.8 Å². The van der Waals surface area contributed by atoms with Crippen LogP contribution in [0.1, 0.15) is 26.7 Å². The summed E-state index contributed by atoms with van der Waals surface area (Å²) < 4.78 is 28.4. The second kappa shape index (κ2) is 9.45. The molecule has 0 radical (unpaired) electrons. The standard InChI is InChI=1S/C13H26N4O2S2/c1-12(2)14-6-4-8-17-11-13(10-15-17)21(18,19)16-7-5-9-20-3/h10-12,14,16H,4-9H2,1-3H3. The van der Waals surface area contributed by atoms with Crippen LogP contribution in [0.2, 0.25) is 0 Å². The molecule has 0 aliphatic heterocycles. The first kappa shape index (κ1) is 18.5. The number of rotatable bonds is 11. The van der Waals surface area contributed by atoms with E-state index in [2.05, 4.69) is 29.0 Å². The second-order valence-corrected chi connectivity index (χ2v) is 7.90. The molecule has 0 unspecified atom stereocenters. The SMILES string of the molecule is CSCCCNS(=O)(=O)c1cnn(CCCNC(C)C)c1. The smallest absolute Gasteiger partial charge is 0.243 e. The minimum Gasteiger partial charge on any atom is -0.314 e. The van der Waals surface area contributed by atoms with Gasteiger partial charge < -0.3 is 5.32 Å². The van der Waals surface area contributed by atoms with E-state index in [-0.39, 0.29) is 4.90 Å². The van der Waals surface area contributed by atoms with Crippen LogP contribution in [-0.2, 0) is 16.6 Å². The van der Waals surface area contributed by atoms with E-state index >= 15 is 0 Å². The van der Waals surface area contributed by atoms with E-state index in [1.807, 2.05) is 6.26 Å². The van der Waals surface area contributed by atoms with Crippen molar-refractivity contribution in [3.05, 3.63) is 12.4 Å². The number of nitrogens with zero attached hydrogens (tertiary/aromatic N) is 2. The number of hydrogen-bond donors (Lipinski definition) is 2. The number of thioether (sulfide) groups is 1. The number of sulfonamides is 1. The van der Waals surface area contributed by atoms with Crippen molar-refractivity contribution in [1.82, 2.24) is 19.8 Å². The van der Waals surface area contributed by atoms with Crippen LogP contribution < -0.4 is 10.0 Å². The number of hydrogen-bond acceptors (Lipinski definition) is 5. The summed E-state index contributed by atoms with van der Waals surface area (Å²) in [7, 11) is -3.42. The van der Waals surface area contributed by atoms with Crippen LogP contribution in [0.25, 0.3) is 0 Å². The van der Waals surface area contributed by atoms with Crippen molar-refractivity contribution < 1.29 is 8.42 Å². The molecule has 0 bridgehead atoms. The number of nitrogens with one attached hydrogen (secondary N) is 2. The maximum atomic E-state index is 12.0. The van der Waals surface area contributed by atoms with Gasteiger partial charge in [-0.2, -0.15) is 16.9 Å². The van der Waals surface area contributed by atoms with Crippen LogP contribution in [0.5, 0.6) is 0 Å². The molecule has 0 amide bonds. The molecule has 0 spiro atoms. The lowest BCUT2D eigenvalue weighted by Crippen LogP contribution is -2.25. The van der Waals surface area contributed by atoms with Gasteiger partial charge in [0.1, 0.15) is 4.90 Å². The molecule has 6 nitrogen and oxygen atoms in total. The van der Waals surface area contributed by atoms with Crippen LogP contribution in [0, 0.1) is 0 Å². The summed E-state index contributed by atoms with van der Waals surface area (Å²) in [5.74, 6) is 0.949. The molecule has 0 saturated carbocycles. The number of aromatic nitrogens is 2. The van der Waals surface area contributed by atoms with Gasteiger partial charge in [-0.15, -0.1) is 0 Å². The summed E-state index contributed by atoms with van der Waals surface area (Å²) in [6.45, 7) is 6.27. The fourth-order valence-corrected chi connectivity index (χ4v) is 3.20. The molecule has 0 aliphatic carbocycles. The molecule has 0 saturated heterocycles. The zero-order valence-corrected chi connectivity index (χ0v) is 14.6. The Morgan fingerprint density at radius 3 is 2.76 bits per heavy atom. The summed E-state index contributed by atoms with van der Waals surface area (Å²) in [5, 5.41) is 7.43. The molecule has 0 aromatic carbocycles. The van der Waals surface area contributed by atoms with Crippen molar-refractivity contribution in [2.75, 3.05) is 25.1 Å². The summed E-state index contributed by atoms with van der Waals surface area (Å²) in [5.41, 5.74) is 0. The molecule has 2 N–H and O–H groups in total. The van der Waals surface area contributed by atoms with Crippen molar-refractivity contribution in [3.63, 3.8) is 0 Å². The molecule has 1 aromatic heterocycles. The highest BCUT2D eigenvalue weighted by Crippen LogP contribution is 2.07. The van der Waals surface area contributed by atoms with Gasteiger partial charge >= 0.3 is 0 Å². The normalized spacial score (nSPS) is 12.2. The Balaban J connectivity index is 2.42. The van der Waals surface area contributed by atoms with Gasteiger partial charge in [0.25, 0.3) is 0 Å². The molecular weight excluding hydrogens is 308 g/mol. The minimum absolute atomic E-state index is 0.239. The molecule has 122 valence electrons. The summed E-state index contributed by atoms with van der Waals surface area (Å²) in [6, 6.07) is 0.462. The zero-order valence-electron chi connectivity index (χ0n) is 13.0. The Morgan fingerprint density at radius 2 is 2.10 bits per heavy atom. The van der Waals surface area contributed by atoms with Crippen LogP contribution in [-0.4, -0.2) is 49.3 Å². The van der Waals surface area contributed by atoms with E-state index in [9.17, 15) is 8.42 Å². The van der Waals surface area contributed by atoms with Crippen molar-refractivity contribution in [2.24, 2.45) is 0 Å². The average molecular weight is 335 g/mol. The fraction of sp³-hybridized carbons (Fsp3) is 0.769. The average Bonchev–Trinajstić information content (AvgIpc) is 2.89. The van der Waals surface area contributed by atoms with E-state index in [4.69, 9.17) is 0 Å². The Morgan fingerprint density at radius 1 is 1.33 bits per heavy atom. The van der Waals surface area contributed by atoms with E-state index in [0.717, 1.165) is 25.1 Å². The molecule has 21 heavy (non-hydrogen) atoms. The lowest BCUT2D eigenvalue weighted by molar-refractivity contribution is 0.513. The highest BCUT2D eigenvalue weighted by molar-refractivity contribution is 7.98. The van der Waals surface area contributed by atoms with Gasteiger partial charge in [0, 0.05) is 25.3 Å². The van der Waals surface area contributed by atoms with Crippen LogP contribution in [0.4, 0.5) is 0 Å². The first-order chi connectivity index (χ1) is 9.95. The van der Waals surface area contributed by atoms with Gasteiger partial charge in [0.15, 0.2) is 0 Å². The predicted octanol–water partition coefficient (Wildman–Crippen LogP) is 1.30. The molecule has 0 aliphatic rings. The van der Waals surface area contributed by atoms with Crippen LogP contribution >= 0.6 is 11.8 Å². The van der Waals surface area contributed by atoms with E-state index in [0.29, 0.717) is 19.1 Å². The molecule has 8 heteroatoms. The summed E-state index contributed by atoms with van der Waals surface area (Å²) in [6.07, 6.45) is 6.75. The van der Waals surface area contributed by atoms with Gasteiger partial charge in [-0.3, -0.25) is 4.68 Å². The van der Waals surface area contributed by atoms with Crippen LogP contribution in [0.3, 0.4) is 0 Å². The molecule has 1 rings (SSSR count). The summed E-state index contributed by atoms with van der Waals surface area (Å²) in [4.78, 5) is 0.239. The molecule has 1 heterocycles. The van der Waals surface area contributed by atoms with Gasteiger partial charge in [0.2, 0.25) is 10.0 Å². The maximum absolute atomic E-state index is 12.0. The Labute approximate surface area is 132 Å². The first-order valence-electron chi connectivity index (χ1n) is 7.20. The van der Waals surface area contributed by atoms with Crippen molar-refractivity contribution >= 4 is 21.8 Å². The largest absolute Gasteiger partial charge is 0.314 e. The Hall–Kier alpha value is -0.570. The third kappa shape index (κ3) is 7.30. The lowest BCUT2D eigenvalue weighted by Gasteiger charge is -2.07. The Kier molecular flexibility index (Phi) is 8.31. The van der Waals surface area contributed by atoms with E-state index < -0.39 is 10.0 Å². The maximum Gasteiger partial charge on any atom is 0.243 e. The molecule has 1 aromatic rings. The third-order valence-corrected chi connectivity index (χ3v) is 4.97. The Bertz CT molecular complexity index is 500. The third-order valence-electron chi connectivity index (χ3n) is 2.85. The molecule has 0 atom stereocenters. The van der Waals surface area contributed by atoms with Crippen molar-refractivity contribution in [3.8, 4) is 0 Å². The van der Waals surface area contributed by atoms with Crippen LogP contribution in [0.15, 0.2) is 17.3 Å². The van der Waals surface area contributed by atoms with Gasteiger partial charge in [-0.05, 0) is 31.4 Å². The topological polar surface area (TPSA) is 76.0 Å². The minimum atomic E-state index is -3.42. The summed E-state index contributed by atoms with van der Waals surface area (Å²) >= 11 is 1.71. The quantitative estimate of drug-likeness (QED) is 0.597. The highest BCUT2D eigenvalue weighted by atomic mass is 32.2. The van der Waals surface area contributed by atoms with Crippen molar-refractivity contribution in [1.29, 1.82) is 0 Å². The molecular formula is C13H26N4O2S2.